The van der Waals surface area contributed by atoms with Gasteiger partial charge in [-0.25, -0.2) is 8.42 Å². The van der Waals surface area contributed by atoms with Gasteiger partial charge in [-0.2, -0.15) is 5.10 Å². The molecule has 1 heterocycles. The Hall–Kier alpha value is -1.90. The Morgan fingerprint density at radius 1 is 1.43 bits per heavy atom. The number of ether oxygens (including phenoxy) is 1. The summed E-state index contributed by atoms with van der Waals surface area (Å²) in [5.74, 6) is 0. The van der Waals surface area contributed by atoms with Crippen LogP contribution >= 0.6 is 0 Å². The lowest BCUT2D eigenvalue weighted by Crippen LogP contribution is -2.16. The summed E-state index contributed by atoms with van der Waals surface area (Å²) in [5.41, 5.74) is 7.64. The molecule has 0 bridgehead atoms. The van der Waals surface area contributed by atoms with E-state index in [1.807, 2.05) is 6.07 Å². The predicted molar refractivity (Wildman–Crippen MR) is 79.2 cm³/mol. The largest absolute Gasteiger partial charge is 0.380 e. The topological polar surface area (TPSA) is 110 Å². The molecule has 1 aromatic heterocycles. The number of nitrogens with one attached hydrogen (secondary N) is 2. The maximum absolute atomic E-state index is 12.5. The monoisotopic (exact) mass is 310 g/mol. The summed E-state index contributed by atoms with van der Waals surface area (Å²) in [7, 11) is -2.16. The van der Waals surface area contributed by atoms with E-state index in [0.717, 1.165) is 5.56 Å². The lowest BCUT2D eigenvalue weighted by molar-refractivity contribution is 0.185. The van der Waals surface area contributed by atoms with Crippen molar-refractivity contribution in [3.63, 3.8) is 0 Å². The van der Waals surface area contributed by atoms with Crippen LogP contribution in [-0.2, 0) is 27.9 Å². The number of hydrogen-bond acceptors (Lipinski definition) is 5. The number of aromatic amines is 1. The van der Waals surface area contributed by atoms with E-state index in [4.69, 9.17) is 10.5 Å². The van der Waals surface area contributed by atoms with Crippen LogP contribution in [-0.4, -0.2) is 25.7 Å². The summed E-state index contributed by atoms with van der Waals surface area (Å²) >= 11 is 0. The highest BCUT2D eigenvalue weighted by molar-refractivity contribution is 7.92. The third kappa shape index (κ3) is 3.41. The number of nitrogens with zero attached hydrogens (tertiary/aromatic N) is 1. The van der Waals surface area contributed by atoms with Gasteiger partial charge in [-0.15, -0.1) is 0 Å². The lowest BCUT2D eigenvalue weighted by atomic mass is 10.2. The molecule has 4 N–H and O–H groups in total. The Balaban J connectivity index is 2.33. The maximum Gasteiger partial charge on any atom is 0.265 e. The number of aryl methyl sites for hydroxylation is 1. The van der Waals surface area contributed by atoms with Gasteiger partial charge in [0.2, 0.25) is 0 Å². The first-order valence-corrected chi connectivity index (χ1v) is 7.81. The second-order valence-electron chi connectivity index (χ2n) is 4.57. The van der Waals surface area contributed by atoms with Gasteiger partial charge in [0.1, 0.15) is 4.90 Å². The normalized spacial score (nSPS) is 11.6. The minimum Gasteiger partial charge on any atom is -0.380 e. The second kappa shape index (κ2) is 6.25. The number of hydrogen-bond donors (Lipinski definition) is 3. The van der Waals surface area contributed by atoms with E-state index in [-0.39, 0.29) is 11.4 Å². The van der Waals surface area contributed by atoms with Crippen molar-refractivity contribution >= 4 is 15.7 Å². The van der Waals surface area contributed by atoms with Crippen molar-refractivity contribution in [2.75, 3.05) is 11.8 Å². The number of methoxy groups -OCH3 is 1. The summed E-state index contributed by atoms with van der Waals surface area (Å²) in [6.07, 6.45) is 0. The van der Waals surface area contributed by atoms with E-state index in [1.54, 1.807) is 32.2 Å². The molecule has 0 amide bonds. The van der Waals surface area contributed by atoms with Crippen molar-refractivity contribution < 1.29 is 13.2 Å². The van der Waals surface area contributed by atoms with Crippen molar-refractivity contribution in [3.8, 4) is 0 Å². The van der Waals surface area contributed by atoms with E-state index >= 15 is 0 Å². The SMILES string of the molecule is COCc1cccc(NS(=O)(=O)c2c(CN)n[nH]c2C)c1. The predicted octanol–water partition coefficient (Wildman–Crippen LogP) is 1.12. The average molecular weight is 310 g/mol. The number of sulfonamides is 1. The number of nitrogens with two attached hydrogens (primary N) is 1. The summed E-state index contributed by atoms with van der Waals surface area (Å²) in [6, 6.07) is 7.01. The van der Waals surface area contributed by atoms with Gasteiger partial charge < -0.3 is 10.5 Å². The molecule has 114 valence electrons. The number of H-pyrrole nitrogens is 1. The first-order valence-electron chi connectivity index (χ1n) is 6.32. The Bertz CT molecular complexity index is 725. The maximum atomic E-state index is 12.5. The van der Waals surface area contributed by atoms with Crippen LogP contribution in [0.3, 0.4) is 0 Å². The van der Waals surface area contributed by atoms with Crippen LogP contribution in [0.25, 0.3) is 0 Å². The molecule has 0 fully saturated rings. The number of rotatable bonds is 6. The van der Waals surface area contributed by atoms with Crippen LogP contribution in [0.1, 0.15) is 17.0 Å². The minimum atomic E-state index is -3.74. The smallest absolute Gasteiger partial charge is 0.265 e. The first kappa shape index (κ1) is 15.5. The van der Waals surface area contributed by atoms with Crippen LogP contribution in [0.5, 0.6) is 0 Å². The fraction of sp³-hybridized carbons (Fsp3) is 0.308. The van der Waals surface area contributed by atoms with Gasteiger partial charge in [0.05, 0.1) is 18.0 Å². The second-order valence-corrected chi connectivity index (χ2v) is 6.19. The highest BCUT2D eigenvalue weighted by Gasteiger charge is 2.23. The van der Waals surface area contributed by atoms with E-state index in [0.29, 0.717) is 23.7 Å². The zero-order valence-corrected chi connectivity index (χ0v) is 12.7. The van der Waals surface area contributed by atoms with Crippen molar-refractivity contribution in [2.45, 2.75) is 25.0 Å². The molecule has 2 aromatic rings. The molecule has 0 spiro atoms. The molecule has 0 atom stereocenters. The van der Waals surface area contributed by atoms with E-state index < -0.39 is 10.0 Å². The third-order valence-corrected chi connectivity index (χ3v) is 4.50. The van der Waals surface area contributed by atoms with Crippen molar-refractivity contribution in [1.29, 1.82) is 0 Å². The van der Waals surface area contributed by atoms with Crippen LogP contribution < -0.4 is 10.5 Å². The molecule has 0 saturated carbocycles. The number of aromatic nitrogens is 2. The van der Waals surface area contributed by atoms with Crippen LogP contribution in [0.15, 0.2) is 29.2 Å². The third-order valence-electron chi connectivity index (χ3n) is 2.91. The summed E-state index contributed by atoms with van der Waals surface area (Å²) < 4.78 is 32.5. The highest BCUT2D eigenvalue weighted by Crippen LogP contribution is 2.21. The molecule has 8 heteroatoms. The Kier molecular flexibility index (Phi) is 4.61. The molecule has 21 heavy (non-hydrogen) atoms. The van der Waals surface area contributed by atoms with Gasteiger partial charge in [0, 0.05) is 19.3 Å². The fourth-order valence-corrected chi connectivity index (χ4v) is 3.49. The number of benzene rings is 1. The zero-order valence-electron chi connectivity index (χ0n) is 11.9. The van der Waals surface area contributed by atoms with E-state index in [2.05, 4.69) is 14.9 Å². The number of anilines is 1. The summed E-state index contributed by atoms with van der Waals surface area (Å²) in [4.78, 5) is 0.0992. The van der Waals surface area contributed by atoms with Gasteiger partial charge in [-0.1, -0.05) is 12.1 Å². The Morgan fingerprint density at radius 3 is 2.86 bits per heavy atom. The average Bonchev–Trinajstić information content (AvgIpc) is 2.81. The zero-order chi connectivity index (χ0) is 15.5. The molecule has 1 aromatic carbocycles. The van der Waals surface area contributed by atoms with Gasteiger partial charge >= 0.3 is 0 Å². The standard InChI is InChI=1S/C13H18N4O3S/c1-9-13(12(7-14)16-15-9)21(18,19)17-11-5-3-4-10(6-11)8-20-2/h3-6,17H,7-8,14H2,1-2H3,(H,15,16). The molecule has 2 rings (SSSR count). The van der Waals surface area contributed by atoms with Crippen LogP contribution in [0.2, 0.25) is 0 Å². The highest BCUT2D eigenvalue weighted by atomic mass is 32.2. The van der Waals surface area contributed by atoms with Crippen molar-refractivity contribution in [3.05, 3.63) is 41.2 Å². The van der Waals surface area contributed by atoms with Crippen LogP contribution in [0, 0.1) is 6.92 Å². The molecule has 0 aliphatic heterocycles. The molecule has 7 nitrogen and oxygen atoms in total. The van der Waals surface area contributed by atoms with Gasteiger partial charge in [-0.3, -0.25) is 9.82 Å². The quantitative estimate of drug-likeness (QED) is 0.740. The van der Waals surface area contributed by atoms with Crippen molar-refractivity contribution in [2.24, 2.45) is 5.73 Å². The molecule has 0 radical (unpaired) electrons. The Morgan fingerprint density at radius 2 is 2.19 bits per heavy atom. The first-order chi connectivity index (χ1) is 9.97. The molecule has 0 saturated heterocycles. The lowest BCUT2D eigenvalue weighted by Gasteiger charge is -2.10. The summed E-state index contributed by atoms with van der Waals surface area (Å²) in [5, 5.41) is 6.54. The minimum absolute atomic E-state index is 0.0459. The fourth-order valence-electron chi connectivity index (χ4n) is 2.06. The van der Waals surface area contributed by atoms with Gasteiger partial charge in [0.15, 0.2) is 0 Å². The van der Waals surface area contributed by atoms with Gasteiger partial charge in [-0.05, 0) is 24.6 Å². The molecule has 0 unspecified atom stereocenters. The van der Waals surface area contributed by atoms with Gasteiger partial charge in [0.25, 0.3) is 10.0 Å². The summed E-state index contributed by atoms with van der Waals surface area (Å²) in [6.45, 7) is 2.10. The van der Waals surface area contributed by atoms with E-state index in [1.165, 1.54) is 0 Å². The molecule has 0 aliphatic carbocycles. The van der Waals surface area contributed by atoms with Crippen LogP contribution in [0.4, 0.5) is 5.69 Å². The molecular formula is C13H18N4O3S. The molecule has 0 aliphatic rings. The van der Waals surface area contributed by atoms with E-state index in [9.17, 15) is 8.42 Å². The molecular weight excluding hydrogens is 292 g/mol. The van der Waals surface area contributed by atoms with Crippen molar-refractivity contribution in [1.82, 2.24) is 10.2 Å². The Labute approximate surface area is 123 Å².